The Kier molecular flexibility index (Phi) is 7.55. The molecule has 4 aromatic rings. The number of hydrogen-bond acceptors (Lipinski definition) is 5. The van der Waals surface area contributed by atoms with Gasteiger partial charge >= 0.3 is 11.9 Å². The molecule has 0 radical (unpaired) electrons. The Morgan fingerprint density at radius 2 is 1.38 bits per heavy atom. The average molecular weight is 515 g/mol. The summed E-state index contributed by atoms with van der Waals surface area (Å²) >= 11 is 1.31. The van der Waals surface area contributed by atoms with Crippen LogP contribution in [0.2, 0.25) is 0 Å². The van der Waals surface area contributed by atoms with Crippen molar-refractivity contribution in [3.05, 3.63) is 102 Å². The molecule has 0 spiro atoms. The van der Waals surface area contributed by atoms with Crippen molar-refractivity contribution in [2.45, 2.75) is 17.1 Å². The van der Waals surface area contributed by atoms with Crippen LogP contribution in [0.25, 0.3) is 10.8 Å². The quantitative estimate of drug-likeness (QED) is 0.225. The van der Waals surface area contributed by atoms with Gasteiger partial charge in [-0.1, -0.05) is 30.3 Å². The van der Waals surface area contributed by atoms with Gasteiger partial charge < -0.3 is 20.8 Å². The molecule has 2 amide bonds. The first-order chi connectivity index (χ1) is 17.7. The van der Waals surface area contributed by atoms with Gasteiger partial charge in [-0.3, -0.25) is 9.59 Å². The first kappa shape index (κ1) is 25.5. The third kappa shape index (κ3) is 5.96. The number of carbonyl (C=O) groups is 4. The maximum Gasteiger partial charge on any atom is 0.336 e. The molecule has 0 aliphatic heterocycles. The van der Waals surface area contributed by atoms with E-state index >= 15 is 0 Å². The van der Waals surface area contributed by atoms with Crippen molar-refractivity contribution in [3.63, 3.8) is 0 Å². The molecule has 0 aliphatic rings. The molecule has 0 saturated heterocycles. The zero-order valence-corrected chi connectivity index (χ0v) is 20.4. The summed E-state index contributed by atoms with van der Waals surface area (Å²) in [5.41, 5.74) is 1.30. The summed E-state index contributed by atoms with van der Waals surface area (Å²) < 4.78 is 0. The molecule has 0 saturated carbocycles. The Balaban J connectivity index is 1.42. The van der Waals surface area contributed by atoms with Crippen LogP contribution in [-0.4, -0.2) is 39.2 Å². The first-order valence-corrected chi connectivity index (χ1v) is 12.1. The number of nitrogens with one attached hydrogen (secondary N) is 2. The summed E-state index contributed by atoms with van der Waals surface area (Å²) in [4.78, 5) is 49.2. The van der Waals surface area contributed by atoms with Gasteiger partial charge in [0.1, 0.15) is 0 Å². The lowest BCUT2D eigenvalue weighted by Crippen LogP contribution is -2.22. The third-order valence-corrected chi connectivity index (χ3v) is 6.66. The van der Waals surface area contributed by atoms with Crippen LogP contribution in [-0.2, 0) is 4.79 Å². The van der Waals surface area contributed by atoms with Crippen LogP contribution in [0.1, 0.15) is 38.0 Å². The fourth-order valence-corrected chi connectivity index (χ4v) is 4.62. The lowest BCUT2D eigenvalue weighted by atomic mass is 9.98. The molecule has 1 atom stereocenters. The number of rotatable bonds is 8. The van der Waals surface area contributed by atoms with Gasteiger partial charge in [-0.2, -0.15) is 0 Å². The van der Waals surface area contributed by atoms with Crippen LogP contribution in [0, 0.1) is 0 Å². The third-order valence-electron chi connectivity index (χ3n) is 5.55. The summed E-state index contributed by atoms with van der Waals surface area (Å²) in [7, 11) is 0. The van der Waals surface area contributed by atoms with Crippen molar-refractivity contribution in [2.75, 3.05) is 10.6 Å². The Hall–Kier alpha value is -4.63. The highest BCUT2D eigenvalue weighted by molar-refractivity contribution is 8.00. The number of carboxylic acid groups (broad SMARTS) is 2. The van der Waals surface area contributed by atoms with Gasteiger partial charge in [-0.15, -0.1) is 11.8 Å². The predicted molar refractivity (Wildman–Crippen MR) is 143 cm³/mol. The van der Waals surface area contributed by atoms with E-state index in [2.05, 4.69) is 10.6 Å². The summed E-state index contributed by atoms with van der Waals surface area (Å²) in [5, 5.41) is 24.7. The molecule has 0 bridgehead atoms. The van der Waals surface area contributed by atoms with Crippen LogP contribution in [0.3, 0.4) is 0 Å². The molecule has 0 heterocycles. The smallest absolute Gasteiger partial charge is 0.336 e. The number of anilines is 2. The van der Waals surface area contributed by atoms with Gasteiger partial charge in [0.25, 0.3) is 5.91 Å². The largest absolute Gasteiger partial charge is 0.478 e. The minimum absolute atomic E-state index is 0.0527. The predicted octanol–water partition coefficient (Wildman–Crippen LogP) is 5.61. The molecule has 1 unspecified atom stereocenters. The van der Waals surface area contributed by atoms with Gasteiger partial charge in [-0.25, -0.2) is 9.59 Å². The molecule has 0 aliphatic carbocycles. The SMILES string of the molecule is CC(Sc1ccc(NC(=O)c2cccc3cccc(C(=O)O)c23)cc1)C(=O)Nc1cccc(C(=O)O)c1. The van der Waals surface area contributed by atoms with Crippen molar-refractivity contribution in [3.8, 4) is 0 Å². The molecule has 4 aromatic carbocycles. The van der Waals surface area contributed by atoms with Crippen LogP contribution < -0.4 is 10.6 Å². The van der Waals surface area contributed by atoms with Crippen molar-refractivity contribution in [1.82, 2.24) is 0 Å². The summed E-state index contributed by atoms with van der Waals surface area (Å²) in [5.74, 6) is -2.90. The van der Waals surface area contributed by atoms with Gasteiger partial charge in [0, 0.05) is 27.2 Å². The number of hydrogen-bond donors (Lipinski definition) is 4. The molecule has 37 heavy (non-hydrogen) atoms. The van der Waals surface area contributed by atoms with E-state index in [9.17, 15) is 24.3 Å². The normalized spacial score (nSPS) is 11.5. The summed E-state index contributed by atoms with van der Waals surface area (Å²) in [6.45, 7) is 1.73. The van der Waals surface area contributed by atoms with Crippen molar-refractivity contribution in [1.29, 1.82) is 0 Å². The minimum Gasteiger partial charge on any atom is -0.478 e. The highest BCUT2D eigenvalue weighted by atomic mass is 32.2. The van der Waals surface area contributed by atoms with Crippen molar-refractivity contribution >= 4 is 57.7 Å². The van der Waals surface area contributed by atoms with E-state index in [0.29, 0.717) is 22.1 Å². The fourth-order valence-electron chi connectivity index (χ4n) is 3.76. The molecular weight excluding hydrogens is 492 g/mol. The van der Waals surface area contributed by atoms with E-state index < -0.39 is 23.1 Å². The second-order valence-corrected chi connectivity index (χ2v) is 9.54. The monoisotopic (exact) mass is 514 g/mol. The molecule has 0 aromatic heterocycles. The summed E-state index contributed by atoms with van der Waals surface area (Å²) in [6, 6.07) is 22.8. The molecule has 4 N–H and O–H groups in total. The van der Waals surface area contributed by atoms with Crippen LogP contribution in [0.15, 0.2) is 89.8 Å². The Labute approximate surface area is 216 Å². The van der Waals surface area contributed by atoms with E-state index in [1.807, 2.05) is 0 Å². The second kappa shape index (κ2) is 11.0. The fraction of sp³-hybridized carbons (Fsp3) is 0.0714. The minimum atomic E-state index is -1.11. The lowest BCUT2D eigenvalue weighted by molar-refractivity contribution is -0.115. The number of fused-ring (bicyclic) bond motifs is 1. The number of aromatic carboxylic acids is 2. The van der Waals surface area contributed by atoms with E-state index in [1.54, 1.807) is 73.7 Å². The molecule has 186 valence electrons. The van der Waals surface area contributed by atoms with E-state index in [-0.39, 0.29) is 22.6 Å². The van der Waals surface area contributed by atoms with Gasteiger partial charge in [0.05, 0.1) is 16.4 Å². The van der Waals surface area contributed by atoms with E-state index in [4.69, 9.17) is 5.11 Å². The first-order valence-electron chi connectivity index (χ1n) is 11.2. The van der Waals surface area contributed by atoms with Crippen molar-refractivity contribution < 1.29 is 29.4 Å². The molecule has 0 fully saturated rings. The lowest BCUT2D eigenvalue weighted by Gasteiger charge is -2.13. The molecule has 4 rings (SSSR count). The topological polar surface area (TPSA) is 133 Å². The number of carboxylic acids is 2. The Bertz CT molecular complexity index is 1510. The maximum atomic E-state index is 13.0. The second-order valence-electron chi connectivity index (χ2n) is 8.13. The van der Waals surface area contributed by atoms with Gasteiger partial charge in [0.2, 0.25) is 5.91 Å². The van der Waals surface area contributed by atoms with Gasteiger partial charge in [0.15, 0.2) is 0 Å². The Morgan fingerprint density at radius 3 is 2.03 bits per heavy atom. The standard InChI is InChI=1S/C28H22N2O6S/c1-16(25(31)30-20-8-2-7-18(15-20)27(33)34)37-21-13-11-19(12-14-21)29-26(32)22-9-3-5-17-6-4-10-23(24(17)22)28(35)36/h2-16H,1H3,(H,29,32)(H,30,31)(H,33,34)(H,35,36). The highest BCUT2D eigenvalue weighted by Gasteiger charge is 2.18. The number of thioether (sulfide) groups is 1. The number of carbonyl (C=O) groups excluding carboxylic acids is 2. The summed E-state index contributed by atoms with van der Waals surface area (Å²) in [6.07, 6.45) is 0. The van der Waals surface area contributed by atoms with E-state index in [0.717, 1.165) is 4.90 Å². The average Bonchev–Trinajstić information content (AvgIpc) is 2.89. The molecular formula is C28H22N2O6S. The van der Waals surface area contributed by atoms with Crippen molar-refractivity contribution in [2.24, 2.45) is 0 Å². The number of benzene rings is 4. The Morgan fingerprint density at radius 1 is 0.730 bits per heavy atom. The zero-order valence-electron chi connectivity index (χ0n) is 19.6. The van der Waals surface area contributed by atoms with Crippen LogP contribution in [0.4, 0.5) is 11.4 Å². The highest BCUT2D eigenvalue weighted by Crippen LogP contribution is 2.27. The molecule has 9 heteroatoms. The van der Waals surface area contributed by atoms with Crippen LogP contribution >= 0.6 is 11.8 Å². The van der Waals surface area contributed by atoms with E-state index in [1.165, 1.54) is 30.0 Å². The zero-order chi connectivity index (χ0) is 26.5. The maximum absolute atomic E-state index is 13.0. The van der Waals surface area contributed by atoms with Gasteiger partial charge in [-0.05, 0) is 66.9 Å². The molecule has 8 nitrogen and oxygen atoms in total. The number of amides is 2. The van der Waals surface area contributed by atoms with Crippen LogP contribution in [0.5, 0.6) is 0 Å².